The molecule has 7 heteroatoms. The minimum absolute atomic E-state index is 0.0978. The second kappa shape index (κ2) is 6.70. The first-order chi connectivity index (χ1) is 12.1. The van der Waals surface area contributed by atoms with Crippen LogP contribution in [0, 0.1) is 0 Å². The summed E-state index contributed by atoms with van der Waals surface area (Å²) in [5, 5.41) is 0. The van der Waals surface area contributed by atoms with Crippen LogP contribution in [0.2, 0.25) is 0 Å². The summed E-state index contributed by atoms with van der Waals surface area (Å²) < 4.78 is 11.5. The first kappa shape index (κ1) is 17.0. The van der Waals surface area contributed by atoms with Crippen molar-refractivity contribution in [3.05, 3.63) is 21.4 Å². The van der Waals surface area contributed by atoms with E-state index in [0.717, 1.165) is 36.2 Å². The van der Waals surface area contributed by atoms with E-state index in [1.165, 1.54) is 4.88 Å². The number of carbonyl (C=O) groups excluding carboxylic acids is 2. The van der Waals surface area contributed by atoms with Gasteiger partial charge in [0.15, 0.2) is 5.79 Å². The summed E-state index contributed by atoms with van der Waals surface area (Å²) in [6, 6.07) is 1.99. The standard InChI is InChI=1S/C18H24N2O4S/c1-2-16(21)20-6-3-14-13(12-20)11-15(25-14)17(22)19-7-4-18(5-8-19)23-9-10-24-18/h11H,2-10,12H2,1H3. The van der Waals surface area contributed by atoms with E-state index in [1.807, 2.05) is 22.8 Å². The molecular weight excluding hydrogens is 340 g/mol. The fourth-order valence-electron chi connectivity index (χ4n) is 3.87. The van der Waals surface area contributed by atoms with Gasteiger partial charge in [0.05, 0.1) is 18.1 Å². The van der Waals surface area contributed by atoms with Gasteiger partial charge in [0.1, 0.15) is 0 Å². The molecule has 0 bridgehead atoms. The average molecular weight is 364 g/mol. The Kier molecular flexibility index (Phi) is 4.56. The summed E-state index contributed by atoms with van der Waals surface area (Å²) in [4.78, 5) is 30.6. The van der Waals surface area contributed by atoms with E-state index >= 15 is 0 Å². The van der Waals surface area contributed by atoms with Gasteiger partial charge < -0.3 is 19.3 Å². The van der Waals surface area contributed by atoms with E-state index in [9.17, 15) is 9.59 Å². The predicted molar refractivity (Wildman–Crippen MR) is 93.5 cm³/mol. The van der Waals surface area contributed by atoms with Crippen molar-refractivity contribution in [1.29, 1.82) is 0 Å². The lowest BCUT2D eigenvalue weighted by atomic mass is 10.0. The van der Waals surface area contributed by atoms with E-state index in [0.29, 0.717) is 39.3 Å². The van der Waals surface area contributed by atoms with E-state index in [2.05, 4.69) is 0 Å². The number of hydrogen-bond acceptors (Lipinski definition) is 5. The van der Waals surface area contributed by atoms with Crippen LogP contribution in [-0.2, 0) is 27.2 Å². The summed E-state index contributed by atoms with van der Waals surface area (Å²) in [5.41, 5.74) is 1.14. The second-order valence-electron chi connectivity index (χ2n) is 6.88. The van der Waals surface area contributed by atoms with Crippen molar-refractivity contribution in [1.82, 2.24) is 9.80 Å². The largest absolute Gasteiger partial charge is 0.347 e. The molecule has 0 aromatic carbocycles. The minimum Gasteiger partial charge on any atom is -0.347 e. The van der Waals surface area contributed by atoms with Crippen molar-refractivity contribution >= 4 is 23.2 Å². The molecule has 1 spiro atoms. The molecule has 2 fully saturated rings. The highest BCUT2D eigenvalue weighted by Gasteiger charge is 2.41. The van der Waals surface area contributed by atoms with Crippen molar-refractivity contribution < 1.29 is 19.1 Å². The lowest BCUT2D eigenvalue weighted by Crippen LogP contribution is -2.47. The molecule has 0 N–H and O–H groups in total. The highest BCUT2D eigenvalue weighted by molar-refractivity contribution is 7.14. The van der Waals surface area contributed by atoms with Gasteiger partial charge >= 0.3 is 0 Å². The van der Waals surface area contributed by atoms with Crippen molar-refractivity contribution in [3.63, 3.8) is 0 Å². The Hall–Kier alpha value is -1.44. The van der Waals surface area contributed by atoms with Crippen LogP contribution in [0.4, 0.5) is 0 Å². The Morgan fingerprint density at radius 3 is 2.56 bits per heavy atom. The number of amides is 2. The Morgan fingerprint density at radius 1 is 1.16 bits per heavy atom. The molecule has 0 atom stereocenters. The number of ether oxygens (including phenoxy) is 2. The SMILES string of the molecule is CCC(=O)N1CCc2sc(C(=O)N3CCC4(CC3)OCCO4)cc2C1. The first-order valence-corrected chi connectivity index (χ1v) is 9.88. The number of piperidine rings is 1. The lowest BCUT2D eigenvalue weighted by molar-refractivity contribution is -0.181. The lowest BCUT2D eigenvalue weighted by Gasteiger charge is -2.37. The molecule has 6 nitrogen and oxygen atoms in total. The Labute approximate surface area is 151 Å². The maximum absolute atomic E-state index is 12.9. The molecule has 1 aromatic heterocycles. The fraction of sp³-hybridized carbons (Fsp3) is 0.667. The van der Waals surface area contributed by atoms with E-state index in [1.54, 1.807) is 11.3 Å². The van der Waals surface area contributed by atoms with Crippen molar-refractivity contribution in [2.45, 2.75) is 44.9 Å². The zero-order chi connectivity index (χ0) is 17.4. The molecule has 136 valence electrons. The van der Waals surface area contributed by atoms with Crippen molar-refractivity contribution in [2.24, 2.45) is 0 Å². The van der Waals surface area contributed by atoms with E-state index < -0.39 is 5.79 Å². The van der Waals surface area contributed by atoms with Crippen LogP contribution in [0.15, 0.2) is 6.07 Å². The number of thiophene rings is 1. The molecule has 2 amide bonds. The smallest absolute Gasteiger partial charge is 0.263 e. The number of likely N-dealkylation sites (tertiary alicyclic amines) is 1. The van der Waals surface area contributed by atoms with Crippen LogP contribution in [0.5, 0.6) is 0 Å². The molecule has 25 heavy (non-hydrogen) atoms. The number of carbonyl (C=O) groups is 2. The van der Waals surface area contributed by atoms with Crippen LogP contribution in [-0.4, -0.2) is 60.2 Å². The maximum atomic E-state index is 12.9. The van der Waals surface area contributed by atoms with E-state index in [-0.39, 0.29) is 11.8 Å². The van der Waals surface area contributed by atoms with Gasteiger partial charge in [0, 0.05) is 50.3 Å². The van der Waals surface area contributed by atoms with Gasteiger partial charge in [-0.15, -0.1) is 11.3 Å². The molecule has 3 aliphatic rings. The second-order valence-corrected chi connectivity index (χ2v) is 8.01. The third kappa shape index (κ3) is 3.20. The molecular formula is C18H24N2O4S. The number of nitrogens with zero attached hydrogens (tertiary/aromatic N) is 2. The quantitative estimate of drug-likeness (QED) is 0.806. The van der Waals surface area contributed by atoms with Gasteiger partial charge in [0.2, 0.25) is 5.91 Å². The molecule has 0 unspecified atom stereocenters. The Balaban J connectivity index is 1.42. The van der Waals surface area contributed by atoms with Crippen LogP contribution in [0.3, 0.4) is 0 Å². The first-order valence-electron chi connectivity index (χ1n) is 9.07. The maximum Gasteiger partial charge on any atom is 0.263 e. The summed E-state index contributed by atoms with van der Waals surface area (Å²) in [7, 11) is 0. The van der Waals surface area contributed by atoms with Gasteiger partial charge in [-0.25, -0.2) is 0 Å². The molecule has 0 saturated carbocycles. The van der Waals surface area contributed by atoms with Gasteiger partial charge in [-0.05, 0) is 18.1 Å². The zero-order valence-electron chi connectivity index (χ0n) is 14.6. The third-order valence-corrected chi connectivity index (χ3v) is 6.58. The molecule has 2 saturated heterocycles. The van der Waals surface area contributed by atoms with Crippen molar-refractivity contribution in [2.75, 3.05) is 32.8 Å². The predicted octanol–water partition coefficient (Wildman–Crippen LogP) is 2.02. The van der Waals surface area contributed by atoms with Crippen LogP contribution >= 0.6 is 11.3 Å². The number of fused-ring (bicyclic) bond motifs is 1. The van der Waals surface area contributed by atoms with Crippen molar-refractivity contribution in [3.8, 4) is 0 Å². The summed E-state index contributed by atoms with van der Waals surface area (Å²) >= 11 is 1.59. The molecule has 0 aliphatic carbocycles. The van der Waals surface area contributed by atoms with Crippen LogP contribution < -0.4 is 0 Å². The molecule has 4 rings (SSSR count). The van der Waals surface area contributed by atoms with Gasteiger partial charge in [-0.3, -0.25) is 9.59 Å². The molecule has 0 radical (unpaired) electrons. The highest BCUT2D eigenvalue weighted by atomic mass is 32.1. The summed E-state index contributed by atoms with van der Waals surface area (Å²) in [6.45, 7) is 5.92. The van der Waals surface area contributed by atoms with Gasteiger partial charge in [-0.2, -0.15) is 0 Å². The number of rotatable bonds is 2. The zero-order valence-corrected chi connectivity index (χ0v) is 15.4. The van der Waals surface area contributed by atoms with Gasteiger partial charge in [-0.1, -0.05) is 6.92 Å². The minimum atomic E-state index is -0.452. The normalized spacial score (nSPS) is 22.3. The Bertz CT molecular complexity index is 671. The summed E-state index contributed by atoms with van der Waals surface area (Å²) in [5.74, 6) is -0.171. The monoisotopic (exact) mass is 364 g/mol. The van der Waals surface area contributed by atoms with E-state index in [4.69, 9.17) is 9.47 Å². The Morgan fingerprint density at radius 2 is 1.88 bits per heavy atom. The average Bonchev–Trinajstić information content (AvgIpc) is 3.27. The van der Waals surface area contributed by atoms with Gasteiger partial charge in [0.25, 0.3) is 5.91 Å². The molecule has 1 aromatic rings. The molecule has 3 aliphatic heterocycles. The topological polar surface area (TPSA) is 59.1 Å². The third-order valence-electron chi connectivity index (χ3n) is 5.36. The molecule has 4 heterocycles. The number of hydrogen-bond donors (Lipinski definition) is 0. The van der Waals surface area contributed by atoms with Crippen LogP contribution in [0.1, 0.15) is 46.3 Å². The highest BCUT2D eigenvalue weighted by Crippen LogP contribution is 2.33. The fourth-order valence-corrected chi connectivity index (χ4v) is 5.00. The van der Waals surface area contributed by atoms with Crippen LogP contribution in [0.25, 0.3) is 0 Å². The summed E-state index contributed by atoms with van der Waals surface area (Å²) in [6.07, 6.45) is 2.86.